The van der Waals surface area contributed by atoms with Crippen LogP contribution in [0.3, 0.4) is 0 Å². The van der Waals surface area contributed by atoms with Gasteiger partial charge in [0, 0.05) is 30.4 Å². The van der Waals surface area contributed by atoms with E-state index in [4.69, 9.17) is 13.9 Å². The van der Waals surface area contributed by atoms with E-state index < -0.39 is 5.60 Å². The molecule has 1 atom stereocenters. The fraction of sp³-hybridized carbons (Fsp3) is 0.583. The molecule has 1 aliphatic rings. The highest BCUT2D eigenvalue weighted by molar-refractivity contribution is 5.79. The molecular weight excluding hydrogens is 368 g/mol. The molecule has 0 fully saturated rings. The lowest BCUT2D eigenvalue weighted by atomic mass is 9.90. The van der Waals surface area contributed by atoms with Crippen molar-refractivity contribution in [1.82, 2.24) is 0 Å². The molecule has 0 unspecified atom stereocenters. The van der Waals surface area contributed by atoms with E-state index >= 15 is 0 Å². The Morgan fingerprint density at radius 2 is 1.83 bits per heavy atom. The molecule has 0 saturated carbocycles. The molecule has 1 aromatic carbocycles. The Bertz CT molecular complexity index is 896. The van der Waals surface area contributed by atoms with Crippen molar-refractivity contribution in [3.8, 4) is 5.75 Å². The zero-order valence-corrected chi connectivity index (χ0v) is 17.8. The summed E-state index contributed by atoms with van der Waals surface area (Å²) in [4.78, 5) is 23.8. The number of rotatable bonds is 9. The van der Waals surface area contributed by atoms with Gasteiger partial charge in [-0.25, -0.2) is 4.79 Å². The Morgan fingerprint density at radius 3 is 2.59 bits per heavy atom. The van der Waals surface area contributed by atoms with Crippen LogP contribution in [0.4, 0.5) is 0 Å². The third kappa shape index (κ3) is 5.62. The zero-order valence-electron chi connectivity index (χ0n) is 17.8. The van der Waals surface area contributed by atoms with E-state index in [-0.39, 0.29) is 17.7 Å². The molecule has 5 nitrogen and oxygen atoms in total. The number of hydrogen-bond acceptors (Lipinski definition) is 5. The third-order valence-corrected chi connectivity index (χ3v) is 5.61. The third-order valence-electron chi connectivity index (χ3n) is 5.61. The molecule has 0 N–H and O–H groups in total. The van der Waals surface area contributed by atoms with Gasteiger partial charge in [0.2, 0.25) is 0 Å². The van der Waals surface area contributed by atoms with Gasteiger partial charge >= 0.3 is 11.6 Å². The molecule has 0 aliphatic carbocycles. The van der Waals surface area contributed by atoms with Crippen LogP contribution in [-0.4, -0.2) is 17.7 Å². The average molecular weight is 401 g/mol. The molecule has 2 heterocycles. The fourth-order valence-electron chi connectivity index (χ4n) is 3.82. The lowest BCUT2D eigenvalue weighted by Gasteiger charge is -2.39. The Morgan fingerprint density at radius 1 is 1.10 bits per heavy atom. The van der Waals surface area contributed by atoms with Gasteiger partial charge in [0.1, 0.15) is 23.0 Å². The second-order valence-electron chi connectivity index (χ2n) is 8.51. The van der Waals surface area contributed by atoms with Crippen LogP contribution in [0.25, 0.3) is 11.0 Å². The van der Waals surface area contributed by atoms with Crippen LogP contribution in [0.1, 0.15) is 77.7 Å². The summed E-state index contributed by atoms with van der Waals surface area (Å²) in [5.74, 6) is 0.520. The van der Waals surface area contributed by atoms with E-state index in [1.165, 1.54) is 38.2 Å². The van der Waals surface area contributed by atoms with Crippen molar-refractivity contribution in [2.24, 2.45) is 0 Å². The SMILES string of the molecule is CCCCCCCCCC(=O)O[C@H]1Cc2cc3ccc(=O)oc3cc2OC1(C)C. The number of carbonyl (C=O) groups is 1. The largest absolute Gasteiger partial charge is 0.484 e. The summed E-state index contributed by atoms with van der Waals surface area (Å²) in [6.07, 6.45) is 8.89. The van der Waals surface area contributed by atoms with Gasteiger partial charge in [0.15, 0.2) is 0 Å². The van der Waals surface area contributed by atoms with Crippen LogP contribution in [-0.2, 0) is 16.0 Å². The molecule has 29 heavy (non-hydrogen) atoms. The lowest BCUT2D eigenvalue weighted by Crippen LogP contribution is -2.48. The Hall–Kier alpha value is -2.30. The minimum absolute atomic E-state index is 0.157. The van der Waals surface area contributed by atoms with Gasteiger partial charge in [0.05, 0.1) is 0 Å². The summed E-state index contributed by atoms with van der Waals surface area (Å²) >= 11 is 0. The molecule has 0 radical (unpaired) electrons. The van der Waals surface area contributed by atoms with Crippen LogP contribution in [0.2, 0.25) is 0 Å². The molecule has 0 amide bonds. The quantitative estimate of drug-likeness (QED) is 0.313. The molecule has 1 aliphatic heterocycles. The summed E-state index contributed by atoms with van der Waals surface area (Å²) in [5.41, 5.74) is 0.427. The molecule has 2 aromatic rings. The van der Waals surface area contributed by atoms with Gasteiger partial charge < -0.3 is 13.9 Å². The van der Waals surface area contributed by atoms with Crippen LogP contribution in [0, 0.1) is 0 Å². The van der Waals surface area contributed by atoms with Gasteiger partial charge in [0.25, 0.3) is 0 Å². The smallest absolute Gasteiger partial charge is 0.336 e. The van der Waals surface area contributed by atoms with Crippen molar-refractivity contribution >= 4 is 16.9 Å². The number of hydrogen-bond donors (Lipinski definition) is 0. The normalized spacial score (nSPS) is 17.6. The molecular formula is C24H32O5. The molecule has 0 saturated heterocycles. The predicted octanol–water partition coefficient (Wildman–Crippen LogP) is 5.56. The summed E-state index contributed by atoms with van der Waals surface area (Å²) in [5, 5.41) is 0.833. The topological polar surface area (TPSA) is 65.7 Å². The summed E-state index contributed by atoms with van der Waals surface area (Å²) in [6.45, 7) is 6.06. The maximum atomic E-state index is 12.4. The molecule has 5 heteroatoms. The highest BCUT2D eigenvalue weighted by atomic mass is 16.6. The van der Waals surface area contributed by atoms with Crippen molar-refractivity contribution in [3.63, 3.8) is 0 Å². The van der Waals surface area contributed by atoms with Crippen LogP contribution >= 0.6 is 0 Å². The average Bonchev–Trinajstić information content (AvgIpc) is 2.66. The van der Waals surface area contributed by atoms with Crippen molar-refractivity contribution in [2.45, 2.75) is 90.3 Å². The van der Waals surface area contributed by atoms with Crippen molar-refractivity contribution in [3.05, 3.63) is 40.2 Å². The maximum Gasteiger partial charge on any atom is 0.336 e. The van der Waals surface area contributed by atoms with E-state index in [9.17, 15) is 9.59 Å². The van der Waals surface area contributed by atoms with Gasteiger partial charge in [-0.3, -0.25) is 4.79 Å². The first-order chi connectivity index (χ1) is 13.9. The van der Waals surface area contributed by atoms with Gasteiger partial charge in [-0.2, -0.15) is 0 Å². The predicted molar refractivity (Wildman–Crippen MR) is 113 cm³/mol. The number of ether oxygens (including phenoxy) is 2. The zero-order chi connectivity index (χ0) is 20.9. The van der Waals surface area contributed by atoms with Gasteiger partial charge in [-0.05, 0) is 38.0 Å². The second-order valence-corrected chi connectivity index (χ2v) is 8.51. The molecule has 0 spiro atoms. The van der Waals surface area contributed by atoms with E-state index in [0.29, 0.717) is 24.2 Å². The molecule has 158 valence electrons. The fourth-order valence-corrected chi connectivity index (χ4v) is 3.82. The molecule has 1 aromatic heterocycles. The summed E-state index contributed by atoms with van der Waals surface area (Å²) < 4.78 is 17.2. The monoisotopic (exact) mass is 400 g/mol. The highest BCUT2D eigenvalue weighted by Crippen LogP contribution is 2.37. The van der Waals surface area contributed by atoms with E-state index in [1.807, 2.05) is 19.9 Å². The number of carbonyl (C=O) groups excluding carboxylic acids is 1. The van der Waals surface area contributed by atoms with Crippen molar-refractivity contribution in [2.75, 3.05) is 0 Å². The van der Waals surface area contributed by atoms with E-state index in [1.54, 1.807) is 12.1 Å². The minimum Gasteiger partial charge on any atom is -0.484 e. The number of benzene rings is 1. The Labute approximate surface area is 172 Å². The maximum absolute atomic E-state index is 12.4. The minimum atomic E-state index is -0.647. The summed E-state index contributed by atoms with van der Waals surface area (Å²) in [6, 6.07) is 6.84. The molecule has 3 rings (SSSR count). The van der Waals surface area contributed by atoms with Crippen LogP contribution in [0.15, 0.2) is 33.5 Å². The van der Waals surface area contributed by atoms with E-state index in [0.717, 1.165) is 23.8 Å². The lowest BCUT2D eigenvalue weighted by molar-refractivity contribution is -0.161. The Balaban J connectivity index is 1.57. The van der Waals surface area contributed by atoms with E-state index in [2.05, 4.69) is 6.92 Å². The van der Waals surface area contributed by atoms with Crippen LogP contribution in [0.5, 0.6) is 5.75 Å². The summed E-state index contributed by atoms with van der Waals surface area (Å²) in [7, 11) is 0. The first kappa shape index (κ1) is 21.4. The van der Waals surface area contributed by atoms with Gasteiger partial charge in [-0.15, -0.1) is 0 Å². The first-order valence-electron chi connectivity index (χ1n) is 10.8. The number of fused-ring (bicyclic) bond motifs is 2. The Kier molecular flexibility index (Phi) is 6.99. The standard InChI is InChI=1S/C24H32O5/c1-4-5-6-7-8-9-10-11-22(25)28-21-15-18-14-17-12-13-23(26)27-19(17)16-20(18)29-24(21,2)3/h12-14,16,21H,4-11,15H2,1-3H3/t21-/m0/s1. The number of esters is 1. The number of unbranched alkanes of at least 4 members (excludes halogenated alkanes) is 6. The van der Waals surface area contributed by atoms with Gasteiger partial charge in [-0.1, -0.05) is 45.4 Å². The second kappa shape index (κ2) is 9.47. The van der Waals surface area contributed by atoms with Crippen LogP contribution < -0.4 is 10.4 Å². The highest BCUT2D eigenvalue weighted by Gasteiger charge is 2.40. The van der Waals surface area contributed by atoms with Crippen molar-refractivity contribution < 1.29 is 18.7 Å². The van der Waals surface area contributed by atoms with Crippen molar-refractivity contribution in [1.29, 1.82) is 0 Å². The first-order valence-corrected chi connectivity index (χ1v) is 10.8. The molecule has 0 bridgehead atoms.